The quantitative estimate of drug-likeness (QED) is 0.218. The molecule has 16 heteroatoms. The number of nitrogens with one attached hydrogen (secondary N) is 2. The zero-order valence-electron chi connectivity index (χ0n) is 34.5. The van der Waals surface area contributed by atoms with Crippen molar-refractivity contribution in [2.75, 3.05) is 55.6 Å². The van der Waals surface area contributed by atoms with Gasteiger partial charge in [0.2, 0.25) is 11.8 Å². The number of rotatable bonds is 8. The van der Waals surface area contributed by atoms with Crippen molar-refractivity contribution in [2.45, 2.75) is 70.4 Å². The second-order valence-corrected chi connectivity index (χ2v) is 18.0. The summed E-state index contributed by atoms with van der Waals surface area (Å²) in [5, 5.41) is 26.6. The highest BCUT2D eigenvalue weighted by Crippen LogP contribution is 2.57. The summed E-state index contributed by atoms with van der Waals surface area (Å²) in [6.45, 7) is 12.2. The van der Waals surface area contributed by atoms with E-state index in [1.54, 1.807) is 30.6 Å². The Balaban J connectivity index is 0.766. The predicted octanol–water partition coefficient (Wildman–Crippen LogP) is 3.53. The van der Waals surface area contributed by atoms with Crippen molar-refractivity contribution in [3.8, 4) is 11.8 Å². The third kappa shape index (κ3) is 7.00. The summed E-state index contributed by atoms with van der Waals surface area (Å²) in [5.41, 5.74) is 2.54. The maximum atomic E-state index is 13.7. The molecule has 6 heterocycles. The molecule has 3 N–H and O–H groups in total. The van der Waals surface area contributed by atoms with Gasteiger partial charge < -0.3 is 20.2 Å². The second kappa shape index (κ2) is 15.2. The molecule has 61 heavy (non-hydrogen) atoms. The number of phenols is 1. The monoisotopic (exact) mass is 824 g/mol. The van der Waals surface area contributed by atoms with Gasteiger partial charge in [-0.2, -0.15) is 5.26 Å². The fourth-order valence-electron chi connectivity index (χ4n) is 10.7. The van der Waals surface area contributed by atoms with Crippen LogP contribution in [0.5, 0.6) is 5.75 Å². The first-order chi connectivity index (χ1) is 29.3. The molecule has 5 aliphatic rings. The SMILES string of the molecule is CC1(C)CC(C)(c2ccnc3c(C#N)ccc(O)c23)[C@H]1NC(=O)c1cnc(N2CCC(CN3CCN(c4ccc5c(c4)C(=O)N(C4CCC(=O)NC4=O)C5=O)CC3)CC2)cn1. The number of fused-ring (bicyclic) bond motifs is 2. The van der Waals surface area contributed by atoms with Crippen molar-refractivity contribution in [1.82, 2.24) is 35.4 Å². The molecule has 2 aromatic carbocycles. The van der Waals surface area contributed by atoms with Gasteiger partial charge in [-0.1, -0.05) is 20.8 Å². The topological polar surface area (TPSA) is 205 Å². The number of carbonyl (C=O) groups excluding carboxylic acids is 5. The number of carbonyl (C=O) groups is 5. The molecule has 0 spiro atoms. The molecule has 314 valence electrons. The van der Waals surface area contributed by atoms with E-state index < -0.39 is 35.1 Å². The van der Waals surface area contributed by atoms with Gasteiger partial charge in [0.25, 0.3) is 17.7 Å². The van der Waals surface area contributed by atoms with Gasteiger partial charge >= 0.3 is 0 Å². The van der Waals surface area contributed by atoms with Crippen molar-refractivity contribution in [1.29, 1.82) is 5.26 Å². The van der Waals surface area contributed by atoms with Crippen LogP contribution in [-0.4, -0.2) is 117 Å². The van der Waals surface area contributed by atoms with Crippen molar-refractivity contribution in [3.05, 3.63) is 82.9 Å². The zero-order chi connectivity index (χ0) is 42.8. The lowest BCUT2D eigenvalue weighted by Crippen LogP contribution is -2.67. The smallest absolute Gasteiger partial charge is 0.271 e. The number of phenolic OH excluding ortho intramolecular Hbond substituents is 1. The van der Waals surface area contributed by atoms with Gasteiger partial charge in [-0.3, -0.25) is 44.1 Å². The molecule has 2 unspecified atom stereocenters. The molecule has 3 saturated heterocycles. The minimum absolute atomic E-state index is 0.0503. The Kier molecular flexibility index (Phi) is 9.97. The van der Waals surface area contributed by atoms with E-state index in [0.29, 0.717) is 27.9 Å². The number of nitrogens with zero attached hydrogens (tertiary/aromatic N) is 8. The first-order valence-electron chi connectivity index (χ1n) is 21.0. The van der Waals surface area contributed by atoms with Gasteiger partial charge in [-0.15, -0.1) is 0 Å². The lowest BCUT2D eigenvalue weighted by atomic mass is 9.48. The van der Waals surface area contributed by atoms with E-state index in [1.165, 1.54) is 12.3 Å². The van der Waals surface area contributed by atoms with Crippen LogP contribution in [0.3, 0.4) is 0 Å². The standard InChI is InChI=1S/C45H48N10O6/c1-44(2)25-45(3,31-10-13-47-38-27(21-46)4-8-34(56)37(31)38)43(44)51-39(58)32-22-49-35(23-48-32)54-14-11-26(12-15-54)24-52-16-18-53(19-17-52)28-5-6-29-30(20-28)42(61)55(41(29)60)33-7-9-36(57)50-40(33)59/h4-6,8,10,13,20,22-23,26,33,43,56H,7,9,11-12,14-19,24-25H2,1-3H3,(H,51,58)(H,50,57,59)/t33?,43-,45?/m0/s1. The molecule has 4 aliphatic heterocycles. The molecule has 5 amide bonds. The summed E-state index contributed by atoms with van der Waals surface area (Å²) >= 11 is 0. The number of pyridine rings is 1. The summed E-state index contributed by atoms with van der Waals surface area (Å²) in [4.78, 5) is 85.8. The maximum Gasteiger partial charge on any atom is 0.271 e. The van der Waals surface area contributed by atoms with Crippen LogP contribution in [0.15, 0.2) is 55.0 Å². The molecule has 0 bridgehead atoms. The molecule has 3 atom stereocenters. The van der Waals surface area contributed by atoms with Crippen LogP contribution in [-0.2, 0) is 15.0 Å². The summed E-state index contributed by atoms with van der Waals surface area (Å²) in [6.07, 6.45) is 7.81. The highest BCUT2D eigenvalue weighted by atomic mass is 16.3. The van der Waals surface area contributed by atoms with Crippen molar-refractivity contribution >= 4 is 51.9 Å². The lowest BCUT2D eigenvalue weighted by molar-refractivity contribution is -0.136. The molecule has 1 saturated carbocycles. The van der Waals surface area contributed by atoms with Crippen LogP contribution >= 0.6 is 0 Å². The fraction of sp³-hybridized carbons (Fsp3) is 0.444. The Labute approximate surface area is 352 Å². The molecule has 2 aromatic heterocycles. The van der Waals surface area contributed by atoms with E-state index in [2.05, 4.69) is 67.1 Å². The minimum atomic E-state index is -0.986. The number of anilines is 2. The number of hydrogen-bond donors (Lipinski definition) is 3. The van der Waals surface area contributed by atoms with Crippen LogP contribution in [0.25, 0.3) is 10.9 Å². The molecule has 9 rings (SSSR count). The van der Waals surface area contributed by atoms with Gasteiger partial charge in [0.05, 0.1) is 34.6 Å². The normalized spacial score (nSPS) is 24.3. The third-order valence-corrected chi connectivity index (χ3v) is 13.6. The third-order valence-electron chi connectivity index (χ3n) is 13.6. The Hall–Kier alpha value is -6.47. The van der Waals surface area contributed by atoms with E-state index in [9.17, 15) is 34.3 Å². The summed E-state index contributed by atoms with van der Waals surface area (Å²) in [6, 6.07) is 11.1. The van der Waals surface area contributed by atoms with E-state index >= 15 is 0 Å². The summed E-state index contributed by atoms with van der Waals surface area (Å²) in [7, 11) is 0. The number of imide groups is 2. The van der Waals surface area contributed by atoms with Crippen LogP contribution in [0.4, 0.5) is 11.5 Å². The number of hydrogen-bond acceptors (Lipinski definition) is 13. The average molecular weight is 825 g/mol. The molecule has 4 fully saturated rings. The van der Waals surface area contributed by atoms with Crippen LogP contribution < -0.4 is 20.4 Å². The maximum absolute atomic E-state index is 13.7. The zero-order valence-corrected chi connectivity index (χ0v) is 34.5. The van der Waals surface area contributed by atoms with Gasteiger partial charge in [-0.05, 0) is 79.0 Å². The molecular weight excluding hydrogens is 777 g/mol. The van der Waals surface area contributed by atoms with Gasteiger partial charge in [0.1, 0.15) is 29.4 Å². The van der Waals surface area contributed by atoms with Crippen molar-refractivity contribution in [2.24, 2.45) is 11.3 Å². The predicted molar refractivity (Wildman–Crippen MR) is 224 cm³/mol. The van der Waals surface area contributed by atoms with Gasteiger partial charge in [0, 0.05) is 81.0 Å². The largest absolute Gasteiger partial charge is 0.507 e. The first-order valence-corrected chi connectivity index (χ1v) is 21.0. The number of benzene rings is 2. The molecular formula is C45H48N10O6. The van der Waals surface area contributed by atoms with E-state index in [1.807, 2.05) is 12.1 Å². The number of aromatic nitrogens is 3. The number of nitriles is 1. The summed E-state index contributed by atoms with van der Waals surface area (Å²) in [5.74, 6) is -1.03. The van der Waals surface area contributed by atoms with E-state index in [-0.39, 0.29) is 47.2 Å². The van der Waals surface area contributed by atoms with E-state index in [4.69, 9.17) is 0 Å². The Morgan fingerprint density at radius 3 is 2.34 bits per heavy atom. The molecule has 4 aromatic rings. The van der Waals surface area contributed by atoms with Crippen molar-refractivity contribution < 1.29 is 29.1 Å². The number of piperidine rings is 2. The minimum Gasteiger partial charge on any atom is -0.507 e. The highest BCUT2D eigenvalue weighted by Gasteiger charge is 2.58. The molecule has 1 aliphatic carbocycles. The van der Waals surface area contributed by atoms with Gasteiger partial charge in [0.15, 0.2) is 0 Å². The lowest BCUT2D eigenvalue weighted by Gasteiger charge is -2.59. The number of piperazine rings is 1. The number of amides is 5. The first kappa shape index (κ1) is 40.0. The van der Waals surface area contributed by atoms with Crippen LogP contribution in [0.2, 0.25) is 0 Å². The Bertz CT molecular complexity index is 2520. The Morgan fingerprint density at radius 1 is 0.902 bits per heavy atom. The van der Waals surface area contributed by atoms with E-state index in [0.717, 1.165) is 87.0 Å². The van der Waals surface area contributed by atoms with Crippen LogP contribution in [0, 0.1) is 22.7 Å². The number of aromatic hydroxyl groups is 1. The van der Waals surface area contributed by atoms with Gasteiger partial charge in [-0.25, -0.2) is 9.97 Å². The Morgan fingerprint density at radius 2 is 1.66 bits per heavy atom. The highest BCUT2D eigenvalue weighted by molar-refractivity contribution is 6.23. The molecule has 16 nitrogen and oxygen atoms in total. The summed E-state index contributed by atoms with van der Waals surface area (Å²) < 4.78 is 0. The fourth-order valence-corrected chi connectivity index (χ4v) is 10.7. The average Bonchev–Trinajstić information content (AvgIpc) is 3.50. The van der Waals surface area contributed by atoms with Crippen LogP contribution in [0.1, 0.15) is 95.2 Å². The molecule has 0 radical (unpaired) electrons. The second-order valence-electron chi connectivity index (χ2n) is 18.0. The van der Waals surface area contributed by atoms with Crippen molar-refractivity contribution in [3.63, 3.8) is 0 Å².